The number of nitrogens with one attached hydrogen (secondary N) is 2. The van der Waals surface area contributed by atoms with E-state index in [1.54, 1.807) is 11.3 Å². The topological polar surface area (TPSA) is 54.0 Å². The van der Waals surface area contributed by atoms with E-state index in [2.05, 4.69) is 15.6 Å². The predicted octanol–water partition coefficient (Wildman–Crippen LogP) is 0.820. The summed E-state index contributed by atoms with van der Waals surface area (Å²) in [7, 11) is 0. The van der Waals surface area contributed by atoms with Crippen LogP contribution in [-0.4, -0.2) is 23.5 Å². The third-order valence-electron chi connectivity index (χ3n) is 2.46. The lowest BCUT2D eigenvalue weighted by atomic mass is 10.2. The van der Waals surface area contributed by atoms with Gasteiger partial charge >= 0.3 is 0 Å². The van der Waals surface area contributed by atoms with E-state index in [0.29, 0.717) is 6.54 Å². The van der Waals surface area contributed by atoms with Gasteiger partial charge in [0, 0.05) is 11.1 Å². The Morgan fingerprint density at radius 3 is 3.27 bits per heavy atom. The summed E-state index contributed by atoms with van der Waals surface area (Å²) in [6.07, 6.45) is 2.04. The number of carbonyl (C=O) groups excluding carboxylic acids is 1. The molecule has 1 fully saturated rings. The highest BCUT2D eigenvalue weighted by Gasteiger charge is 2.21. The van der Waals surface area contributed by atoms with Crippen molar-refractivity contribution >= 4 is 17.2 Å². The van der Waals surface area contributed by atoms with Crippen molar-refractivity contribution in [1.82, 2.24) is 15.6 Å². The Balaban J connectivity index is 1.80. The second-order valence-electron chi connectivity index (χ2n) is 3.75. The lowest BCUT2D eigenvalue weighted by Gasteiger charge is -2.09. The van der Waals surface area contributed by atoms with Gasteiger partial charge < -0.3 is 10.6 Å². The molecule has 1 aliphatic rings. The summed E-state index contributed by atoms with van der Waals surface area (Å²) in [5.74, 6) is 0.0975. The first-order valence-corrected chi connectivity index (χ1v) is 6.06. The van der Waals surface area contributed by atoms with Gasteiger partial charge in [0.2, 0.25) is 5.91 Å². The van der Waals surface area contributed by atoms with Gasteiger partial charge in [-0.2, -0.15) is 0 Å². The van der Waals surface area contributed by atoms with E-state index < -0.39 is 0 Å². The number of carbonyl (C=O) groups is 1. The monoisotopic (exact) mass is 225 g/mol. The molecule has 0 aromatic carbocycles. The zero-order chi connectivity index (χ0) is 10.7. The highest BCUT2D eigenvalue weighted by Crippen LogP contribution is 2.09. The number of hydrogen-bond acceptors (Lipinski definition) is 4. The van der Waals surface area contributed by atoms with E-state index in [0.717, 1.165) is 30.1 Å². The SMILES string of the molecule is Cc1csc(CNC(=O)[C@@H]2CCCN2)n1. The number of rotatable bonds is 3. The van der Waals surface area contributed by atoms with E-state index in [-0.39, 0.29) is 11.9 Å². The molecular formula is C10H15N3OS. The molecule has 15 heavy (non-hydrogen) atoms. The molecule has 5 heteroatoms. The Kier molecular flexibility index (Phi) is 3.33. The van der Waals surface area contributed by atoms with Crippen LogP contribution in [0, 0.1) is 6.92 Å². The molecule has 2 rings (SSSR count). The Morgan fingerprint density at radius 2 is 2.67 bits per heavy atom. The minimum Gasteiger partial charge on any atom is -0.348 e. The van der Waals surface area contributed by atoms with Crippen LogP contribution in [0.4, 0.5) is 0 Å². The van der Waals surface area contributed by atoms with Gasteiger partial charge in [0.05, 0.1) is 12.6 Å². The summed E-state index contributed by atoms with van der Waals surface area (Å²) in [6.45, 7) is 3.46. The van der Waals surface area contributed by atoms with Gasteiger partial charge in [0.15, 0.2) is 0 Å². The molecule has 1 amide bonds. The summed E-state index contributed by atoms with van der Waals surface area (Å²) < 4.78 is 0. The van der Waals surface area contributed by atoms with E-state index in [1.165, 1.54) is 0 Å². The van der Waals surface area contributed by atoms with Gasteiger partial charge in [-0.3, -0.25) is 4.79 Å². The molecule has 1 atom stereocenters. The van der Waals surface area contributed by atoms with Crippen molar-refractivity contribution in [2.75, 3.05) is 6.54 Å². The van der Waals surface area contributed by atoms with E-state index in [4.69, 9.17) is 0 Å². The second kappa shape index (κ2) is 4.72. The fraction of sp³-hybridized carbons (Fsp3) is 0.600. The summed E-state index contributed by atoms with van der Waals surface area (Å²) in [4.78, 5) is 15.9. The molecule has 0 unspecified atom stereocenters. The lowest BCUT2D eigenvalue weighted by Crippen LogP contribution is -2.39. The fourth-order valence-electron chi connectivity index (χ4n) is 1.68. The van der Waals surface area contributed by atoms with Crippen molar-refractivity contribution in [2.45, 2.75) is 32.4 Å². The van der Waals surface area contributed by atoms with Crippen molar-refractivity contribution in [3.63, 3.8) is 0 Å². The smallest absolute Gasteiger partial charge is 0.237 e. The first-order chi connectivity index (χ1) is 7.25. The van der Waals surface area contributed by atoms with Crippen molar-refractivity contribution in [3.8, 4) is 0 Å². The number of hydrogen-bond donors (Lipinski definition) is 2. The van der Waals surface area contributed by atoms with Crippen LogP contribution in [0.3, 0.4) is 0 Å². The molecule has 0 aliphatic carbocycles. The standard InChI is InChI=1S/C10H15N3OS/c1-7-6-15-9(13-7)5-12-10(14)8-3-2-4-11-8/h6,8,11H,2-5H2,1H3,(H,12,14)/t8-/m0/s1. The maximum Gasteiger partial charge on any atom is 0.237 e. The molecule has 4 nitrogen and oxygen atoms in total. The molecule has 0 radical (unpaired) electrons. The van der Waals surface area contributed by atoms with Crippen LogP contribution in [0.15, 0.2) is 5.38 Å². The molecule has 82 valence electrons. The van der Waals surface area contributed by atoms with Crippen molar-refractivity contribution < 1.29 is 4.79 Å². The highest BCUT2D eigenvalue weighted by molar-refractivity contribution is 7.09. The highest BCUT2D eigenvalue weighted by atomic mass is 32.1. The third kappa shape index (κ3) is 2.76. The minimum atomic E-state index is 0.00561. The van der Waals surface area contributed by atoms with Crippen molar-refractivity contribution in [1.29, 1.82) is 0 Å². The van der Waals surface area contributed by atoms with Crippen LogP contribution < -0.4 is 10.6 Å². The van der Waals surface area contributed by atoms with E-state index >= 15 is 0 Å². The molecule has 0 saturated carbocycles. The van der Waals surface area contributed by atoms with Gasteiger partial charge in [-0.25, -0.2) is 4.98 Å². The van der Waals surface area contributed by atoms with Crippen LogP contribution in [0.25, 0.3) is 0 Å². The van der Waals surface area contributed by atoms with Crippen LogP contribution in [-0.2, 0) is 11.3 Å². The van der Waals surface area contributed by atoms with Gasteiger partial charge in [0.1, 0.15) is 5.01 Å². The van der Waals surface area contributed by atoms with Crippen molar-refractivity contribution in [2.24, 2.45) is 0 Å². The van der Waals surface area contributed by atoms with Gasteiger partial charge in [0.25, 0.3) is 0 Å². The van der Waals surface area contributed by atoms with Crippen molar-refractivity contribution in [3.05, 3.63) is 16.1 Å². The first-order valence-electron chi connectivity index (χ1n) is 5.18. The summed E-state index contributed by atoms with van der Waals surface area (Å²) >= 11 is 1.59. The number of aromatic nitrogens is 1. The molecule has 1 aliphatic heterocycles. The maximum absolute atomic E-state index is 11.6. The third-order valence-corrected chi connectivity index (χ3v) is 3.42. The summed E-state index contributed by atoms with van der Waals surface area (Å²) in [5, 5.41) is 9.04. The number of nitrogens with zero attached hydrogens (tertiary/aromatic N) is 1. The van der Waals surface area contributed by atoms with Crippen LogP contribution in [0.5, 0.6) is 0 Å². The normalized spacial score (nSPS) is 20.5. The molecule has 0 bridgehead atoms. The van der Waals surface area contributed by atoms with E-state index in [9.17, 15) is 4.79 Å². The second-order valence-corrected chi connectivity index (χ2v) is 4.69. The lowest BCUT2D eigenvalue weighted by molar-refractivity contribution is -0.122. The molecule has 1 saturated heterocycles. The Morgan fingerprint density at radius 1 is 1.80 bits per heavy atom. The van der Waals surface area contributed by atoms with Gasteiger partial charge in [-0.05, 0) is 26.3 Å². The summed E-state index contributed by atoms with van der Waals surface area (Å²) in [6, 6.07) is 0.00561. The van der Waals surface area contributed by atoms with Crippen LogP contribution >= 0.6 is 11.3 Å². The Hall–Kier alpha value is -0.940. The maximum atomic E-state index is 11.6. The summed E-state index contributed by atoms with van der Waals surface area (Å²) in [5.41, 5.74) is 1.02. The number of aryl methyl sites for hydroxylation is 1. The van der Waals surface area contributed by atoms with E-state index in [1.807, 2.05) is 12.3 Å². The quantitative estimate of drug-likeness (QED) is 0.801. The molecule has 1 aromatic heterocycles. The largest absolute Gasteiger partial charge is 0.348 e. The zero-order valence-corrected chi connectivity index (χ0v) is 9.56. The minimum absolute atomic E-state index is 0.00561. The zero-order valence-electron chi connectivity index (χ0n) is 8.75. The average Bonchev–Trinajstić information content (AvgIpc) is 2.84. The molecule has 2 N–H and O–H groups in total. The Bertz CT molecular complexity index is 344. The number of thiazole rings is 1. The van der Waals surface area contributed by atoms with Crippen LogP contribution in [0.2, 0.25) is 0 Å². The Labute approximate surface area is 93.1 Å². The predicted molar refractivity (Wildman–Crippen MR) is 59.7 cm³/mol. The molecule has 0 spiro atoms. The average molecular weight is 225 g/mol. The van der Waals surface area contributed by atoms with Crippen LogP contribution in [0.1, 0.15) is 23.5 Å². The molecular weight excluding hydrogens is 210 g/mol. The first kappa shape index (κ1) is 10.6. The van der Waals surface area contributed by atoms with Gasteiger partial charge in [-0.1, -0.05) is 0 Å². The molecule has 1 aromatic rings. The van der Waals surface area contributed by atoms with Gasteiger partial charge in [-0.15, -0.1) is 11.3 Å². The molecule has 2 heterocycles. The number of amides is 1. The fourth-order valence-corrected chi connectivity index (χ4v) is 2.39.